The highest BCUT2D eigenvalue weighted by molar-refractivity contribution is 4.88. The first-order valence-corrected chi connectivity index (χ1v) is 3.61. The van der Waals surface area contributed by atoms with Gasteiger partial charge in [-0.15, -0.1) is 4.91 Å². The second kappa shape index (κ2) is 2.20. The van der Waals surface area contributed by atoms with Crippen molar-refractivity contribution in [3.05, 3.63) is 4.91 Å². The first-order valence-electron chi connectivity index (χ1n) is 3.61. The molecule has 0 aromatic carbocycles. The smallest absolute Gasteiger partial charge is 0.0741 e. The highest BCUT2D eigenvalue weighted by Gasteiger charge is 2.37. The lowest BCUT2D eigenvalue weighted by Crippen LogP contribution is -2.41. The van der Waals surface area contributed by atoms with Gasteiger partial charge in [0.25, 0.3) is 0 Å². The Balaban J connectivity index is 2.13. The van der Waals surface area contributed by atoms with E-state index in [-0.39, 0.29) is 12.1 Å². The fraction of sp³-hybridized carbons (Fsp3) is 1.00. The lowest BCUT2D eigenvalue weighted by molar-refractivity contribution is -0.0142. The molecule has 56 valence electrons. The summed E-state index contributed by atoms with van der Waals surface area (Å²) in [6, 6.07) is 0.549. The lowest BCUT2D eigenvalue weighted by Gasteiger charge is -2.28. The standard InChI is InChI=1S/C6H10N2O2/c9-7-8-5-1-2-6(8)4-10-3-5/h5-6H,1-4H2. The number of hydrogen-bond donors (Lipinski definition) is 0. The van der Waals surface area contributed by atoms with E-state index in [1.807, 2.05) is 0 Å². The number of morpholine rings is 1. The summed E-state index contributed by atoms with van der Waals surface area (Å²) in [5.74, 6) is 0. The van der Waals surface area contributed by atoms with Crippen LogP contribution in [0.2, 0.25) is 0 Å². The first kappa shape index (κ1) is 6.09. The van der Waals surface area contributed by atoms with Crippen LogP contribution in [0.4, 0.5) is 0 Å². The Morgan fingerprint density at radius 2 is 1.90 bits per heavy atom. The van der Waals surface area contributed by atoms with Gasteiger partial charge in [0.2, 0.25) is 0 Å². The lowest BCUT2D eigenvalue weighted by atomic mass is 10.2. The van der Waals surface area contributed by atoms with Gasteiger partial charge in [-0.25, -0.2) is 0 Å². The summed E-state index contributed by atoms with van der Waals surface area (Å²) < 4.78 is 5.25. The second-order valence-corrected chi connectivity index (χ2v) is 2.88. The van der Waals surface area contributed by atoms with Gasteiger partial charge in [-0.3, -0.25) is 5.01 Å². The van der Waals surface area contributed by atoms with E-state index >= 15 is 0 Å². The van der Waals surface area contributed by atoms with Gasteiger partial charge in [-0.1, -0.05) is 0 Å². The molecule has 4 heteroatoms. The molecule has 10 heavy (non-hydrogen) atoms. The predicted molar refractivity (Wildman–Crippen MR) is 35.3 cm³/mol. The molecule has 0 amide bonds. The number of ether oxygens (including phenoxy) is 1. The van der Waals surface area contributed by atoms with Crippen molar-refractivity contribution in [2.75, 3.05) is 13.2 Å². The minimum absolute atomic E-state index is 0.274. The Morgan fingerprint density at radius 3 is 2.30 bits per heavy atom. The third-order valence-corrected chi connectivity index (χ3v) is 2.30. The van der Waals surface area contributed by atoms with E-state index < -0.39 is 0 Å². The number of rotatable bonds is 1. The third kappa shape index (κ3) is 0.718. The van der Waals surface area contributed by atoms with Gasteiger partial charge < -0.3 is 4.74 Å². The molecule has 0 radical (unpaired) electrons. The van der Waals surface area contributed by atoms with Crippen LogP contribution in [-0.2, 0) is 4.74 Å². The fourth-order valence-electron chi connectivity index (χ4n) is 1.74. The van der Waals surface area contributed by atoms with Gasteiger partial charge >= 0.3 is 0 Å². The van der Waals surface area contributed by atoms with E-state index in [0.29, 0.717) is 13.2 Å². The number of fused-ring (bicyclic) bond motifs is 2. The van der Waals surface area contributed by atoms with Crippen LogP contribution in [0.25, 0.3) is 0 Å². The number of nitroso groups, excluding NO2 is 1. The predicted octanol–water partition coefficient (Wildman–Crippen LogP) is 0.531. The molecule has 2 aliphatic rings. The van der Waals surface area contributed by atoms with Crippen molar-refractivity contribution in [1.29, 1.82) is 0 Å². The molecular formula is C6H10N2O2. The van der Waals surface area contributed by atoms with Crippen LogP contribution in [0, 0.1) is 4.91 Å². The molecule has 2 fully saturated rings. The van der Waals surface area contributed by atoms with Crippen LogP contribution in [0.5, 0.6) is 0 Å². The molecule has 0 aliphatic carbocycles. The second-order valence-electron chi connectivity index (χ2n) is 2.88. The van der Waals surface area contributed by atoms with Crippen LogP contribution in [0.15, 0.2) is 5.29 Å². The molecule has 2 heterocycles. The quantitative estimate of drug-likeness (QED) is 0.501. The summed E-state index contributed by atoms with van der Waals surface area (Å²) >= 11 is 0. The SMILES string of the molecule is O=NN1C2CCC1COC2. The zero-order chi connectivity index (χ0) is 6.97. The maximum absolute atomic E-state index is 10.2. The van der Waals surface area contributed by atoms with Crippen LogP contribution < -0.4 is 0 Å². The highest BCUT2D eigenvalue weighted by Crippen LogP contribution is 2.28. The summed E-state index contributed by atoms with van der Waals surface area (Å²) in [5, 5.41) is 4.63. The van der Waals surface area contributed by atoms with Crippen molar-refractivity contribution in [3.63, 3.8) is 0 Å². The molecule has 2 rings (SSSR count). The summed E-state index contributed by atoms with van der Waals surface area (Å²) in [6.07, 6.45) is 2.13. The zero-order valence-electron chi connectivity index (χ0n) is 5.69. The molecule has 4 nitrogen and oxygen atoms in total. The molecule has 0 aromatic heterocycles. The summed E-state index contributed by atoms with van der Waals surface area (Å²) in [6.45, 7) is 1.37. The van der Waals surface area contributed by atoms with Crippen molar-refractivity contribution in [2.45, 2.75) is 24.9 Å². The molecule has 0 spiro atoms. The minimum atomic E-state index is 0.274. The Labute approximate surface area is 59.1 Å². The van der Waals surface area contributed by atoms with Crippen LogP contribution in [0.1, 0.15) is 12.8 Å². The van der Waals surface area contributed by atoms with Crippen LogP contribution >= 0.6 is 0 Å². The molecule has 2 bridgehead atoms. The van der Waals surface area contributed by atoms with Crippen LogP contribution in [-0.4, -0.2) is 30.3 Å². The normalized spacial score (nSPS) is 38.2. The molecular weight excluding hydrogens is 132 g/mol. The maximum Gasteiger partial charge on any atom is 0.0741 e. The monoisotopic (exact) mass is 142 g/mol. The Kier molecular flexibility index (Phi) is 1.34. The summed E-state index contributed by atoms with van der Waals surface area (Å²) in [4.78, 5) is 10.2. The van der Waals surface area contributed by atoms with Gasteiger partial charge in [0.15, 0.2) is 0 Å². The van der Waals surface area contributed by atoms with E-state index in [1.54, 1.807) is 5.01 Å². The molecule has 2 saturated heterocycles. The van der Waals surface area contributed by atoms with E-state index in [2.05, 4.69) is 5.29 Å². The van der Waals surface area contributed by atoms with Gasteiger partial charge in [-0.2, -0.15) is 0 Å². The third-order valence-electron chi connectivity index (χ3n) is 2.30. The first-order chi connectivity index (χ1) is 4.92. The van der Waals surface area contributed by atoms with Gasteiger partial charge in [0.05, 0.1) is 30.6 Å². The van der Waals surface area contributed by atoms with E-state index in [4.69, 9.17) is 4.74 Å². The van der Waals surface area contributed by atoms with E-state index in [1.165, 1.54) is 0 Å². The molecule has 0 aromatic rings. The van der Waals surface area contributed by atoms with Gasteiger partial charge in [0.1, 0.15) is 0 Å². The van der Waals surface area contributed by atoms with Gasteiger partial charge in [-0.05, 0) is 12.8 Å². The molecule has 2 unspecified atom stereocenters. The zero-order valence-corrected chi connectivity index (χ0v) is 5.69. The number of hydrogen-bond acceptors (Lipinski definition) is 3. The minimum Gasteiger partial charge on any atom is -0.377 e. The van der Waals surface area contributed by atoms with E-state index in [0.717, 1.165) is 12.8 Å². The van der Waals surface area contributed by atoms with Crippen molar-refractivity contribution in [2.24, 2.45) is 5.29 Å². The molecule has 0 saturated carbocycles. The Bertz CT molecular complexity index is 135. The van der Waals surface area contributed by atoms with E-state index in [9.17, 15) is 4.91 Å². The van der Waals surface area contributed by atoms with Gasteiger partial charge in [0, 0.05) is 0 Å². The Morgan fingerprint density at radius 1 is 1.30 bits per heavy atom. The summed E-state index contributed by atoms with van der Waals surface area (Å²) in [7, 11) is 0. The Hall–Kier alpha value is -0.640. The average Bonchev–Trinajstić information content (AvgIpc) is 2.19. The molecule has 2 aliphatic heterocycles. The van der Waals surface area contributed by atoms with Crippen LogP contribution in [0.3, 0.4) is 0 Å². The summed E-state index contributed by atoms with van der Waals surface area (Å²) in [5.41, 5.74) is 0. The topological polar surface area (TPSA) is 41.9 Å². The van der Waals surface area contributed by atoms with Crippen molar-refractivity contribution < 1.29 is 4.74 Å². The average molecular weight is 142 g/mol. The number of nitrogens with zero attached hydrogens (tertiary/aromatic N) is 2. The van der Waals surface area contributed by atoms with Crippen molar-refractivity contribution in [1.82, 2.24) is 5.01 Å². The molecule has 2 atom stereocenters. The fourth-order valence-corrected chi connectivity index (χ4v) is 1.74. The largest absolute Gasteiger partial charge is 0.377 e. The van der Waals surface area contributed by atoms with Crippen molar-refractivity contribution >= 4 is 0 Å². The maximum atomic E-state index is 10.2. The highest BCUT2D eigenvalue weighted by atomic mass is 16.5. The molecule has 0 N–H and O–H groups in total. The van der Waals surface area contributed by atoms with Crippen molar-refractivity contribution in [3.8, 4) is 0 Å².